The predicted octanol–water partition coefficient (Wildman–Crippen LogP) is 4.38. The normalized spacial score (nSPS) is 15.6. The van der Waals surface area contributed by atoms with Crippen LogP contribution in [0.5, 0.6) is 11.5 Å². The Labute approximate surface area is 169 Å². The van der Waals surface area contributed by atoms with Gasteiger partial charge in [0.25, 0.3) is 0 Å². The van der Waals surface area contributed by atoms with Crippen LogP contribution < -0.4 is 26.0 Å². The summed E-state index contributed by atoms with van der Waals surface area (Å²) in [5.74, 6) is 1.54. The van der Waals surface area contributed by atoms with Crippen LogP contribution in [0.1, 0.15) is 25.7 Å². The Morgan fingerprint density at radius 2 is 1.04 bits per heavy atom. The van der Waals surface area contributed by atoms with Gasteiger partial charge in [0.2, 0.25) is 0 Å². The fourth-order valence-electron chi connectivity index (χ4n) is 2.51. The molecule has 0 aromatic heterocycles. The summed E-state index contributed by atoms with van der Waals surface area (Å²) in [6, 6.07) is 16.6. The highest BCUT2D eigenvalue weighted by Gasteiger charge is 2.22. The lowest BCUT2D eigenvalue weighted by Gasteiger charge is -2.12. The lowest BCUT2D eigenvalue weighted by molar-refractivity contribution is 0.483. The molecule has 0 amide bonds. The Balaban J connectivity index is 1.27. The minimum Gasteiger partial charge on any atom is -0.457 e. The second kappa shape index (κ2) is 8.10. The number of benzene rings is 2. The van der Waals surface area contributed by atoms with Crippen LogP contribution in [0.4, 0.5) is 11.4 Å². The molecule has 4 N–H and O–H groups in total. The van der Waals surface area contributed by atoms with E-state index < -0.39 is 0 Å². The summed E-state index contributed by atoms with van der Waals surface area (Å²) in [7, 11) is 0. The van der Waals surface area contributed by atoms with Crippen LogP contribution in [0.2, 0.25) is 0 Å². The SMILES string of the molecule is S=C(Nc1ccc(Oc2ccc(NC(=S)NC3CC3)cc2)cc1)NC1CC1. The molecule has 0 aliphatic heterocycles. The molecule has 0 saturated heterocycles. The molecule has 7 heteroatoms. The zero-order chi connectivity index (χ0) is 18.6. The van der Waals surface area contributed by atoms with Gasteiger partial charge in [0.05, 0.1) is 0 Å². The molecule has 2 aliphatic carbocycles. The molecule has 0 radical (unpaired) electrons. The summed E-state index contributed by atoms with van der Waals surface area (Å²) in [5, 5.41) is 14.2. The van der Waals surface area contributed by atoms with E-state index in [2.05, 4.69) is 21.3 Å². The monoisotopic (exact) mass is 398 g/mol. The third-order valence-corrected chi connectivity index (χ3v) is 4.73. The molecule has 0 bridgehead atoms. The van der Waals surface area contributed by atoms with E-state index >= 15 is 0 Å². The van der Waals surface area contributed by atoms with Crippen LogP contribution in [-0.2, 0) is 0 Å². The first-order valence-electron chi connectivity index (χ1n) is 9.17. The highest BCUT2D eigenvalue weighted by Crippen LogP contribution is 2.25. The zero-order valence-corrected chi connectivity index (χ0v) is 16.5. The van der Waals surface area contributed by atoms with Gasteiger partial charge in [0, 0.05) is 23.5 Å². The van der Waals surface area contributed by atoms with Gasteiger partial charge in [-0.15, -0.1) is 0 Å². The first kappa shape index (κ1) is 18.0. The van der Waals surface area contributed by atoms with Gasteiger partial charge in [-0.25, -0.2) is 0 Å². The summed E-state index contributed by atoms with van der Waals surface area (Å²) in [4.78, 5) is 0. The van der Waals surface area contributed by atoms with E-state index in [1.165, 1.54) is 25.7 Å². The van der Waals surface area contributed by atoms with Gasteiger partial charge in [-0.2, -0.15) is 0 Å². The lowest BCUT2D eigenvalue weighted by atomic mass is 10.3. The van der Waals surface area contributed by atoms with Crippen molar-refractivity contribution in [1.82, 2.24) is 10.6 Å². The second-order valence-corrected chi connectivity index (χ2v) is 7.71. The minimum absolute atomic E-state index is 0.545. The fraction of sp³-hybridized carbons (Fsp3) is 0.300. The molecule has 2 saturated carbocycles. The van der Waals surface area contributed by atoms with Crippen molar-refractivity contribution >= 4 is 46.0 Å². The molecular weight excluding hydrogens is 376 g/mol. The Bertz CT molecular complexity index is 745. The van der Waals surface area contributed by atoms with Crippen molar-refractivity contribution in [3.63, 3.8) is 0 Å². The van der Waals surface area contributed by atoms with E-state index in [1.807, 2.05) is 48.5 Å². The van der Waals surface area contributed by atoms with Crippen molar-refractivity contribution in [3.8, 4) is 11.5 Å². The van der Waals surface area contributed by atoms with Crippen molar-refractivity contribution in [2.24, 2.45) is 0 Å². The lowest BCUT2D eigenvalue weighted by Crippen LogP contribution is -2.30. The van der Waals surface area contributed by atoms with E-state index in [0.29, 0.717) is 22.3 Å². The van der Waals surface area contributed by atoms with Gasteiger partial charge in [-0.05, 0) is 98.6 Å². The van der Waals surface area contributed by atoms with Crippen molar-refractivity contribution in [2.45, 2.75) is 37.8 Å². The third kappa shape index (κ3) is 5.80. The Kier molecular flexibility index (Phi) is 5.40. The number of rotatable bonds is 6. The number of thiocarbonyl (C=S) groups is 2. The summed E-state index contributed by atoms with van der Waals surface area (Å²) in [6.07, 6.45) is 4.80. The van der Waals surface area contributed by atoms with Crippen molar-refractivity contribution in [2.75, 3.05) is 10.6 Å². The molecule has 2 fully saturated rings. The molecule has 0 heterocycles. The average Bonchev–Trinajstić information content (AvgIpc) is 3.56. The summed E-state index contributed by atoms with van der Waals surface area (Å²) >= 11 is 10.6. The third-order valence-electron chi connectivity index (χ3n) is 4.29. The molecule has 0 unspecified atom stereocenters. The van der Waals surface area contributed by atoms with E-state index in [0.717, 1.165) is 22.9 Å². The van der Waals surface area contributed by atoms with E-state index in [1.54, 1.807) is 0 Å². The molecule has 2 aromatic carbocycles. The quantitative estimate of drug-likeness (QED) is 0.539. The number of nitrogens with one attached hydrogen (secondary N) is 4. The molecule has 27 heavy (non-hydrogen) atoms. The van der Waals surface area contributed by atoms with Gasteiger partial charge in [0.15, 0.2) is 10.2 Å². The maximum Gasteiger partial charge on any atom is 0.170 e. The van der Waals surface area contributed by atoms with Gasteiger partial charge in [0.1, 0.15) is 11.5 Å². The molecule has 140 valence electrons. The van der Waals surface area contributed by atoms with Crippen LogP contribution in [0.15, 0.2) is 48.5 Å². The van der Waals surface area contributed by atoms with Gasteiger partial charge < -0.3 is 26.0 Å². The topological polar surface area (TPSA) is 57.4 Å². The second-order valence-electron chi connectivity index (χ2n) is 6.90. The van der Waals surface area contributed by atoms with Crippen molar-refractivity contribution in [1.29, 1.82) is 0 Å². The highest BCUT2D eigenvalue weighted by molar-refractivity contribution is 7.80. The molecule has 0 spiro atoms. The van der Waals surface area contributed by atoms with Crippen LogP contribution in [0.25, 0.3) is 0 Å². The van der Waals surface area contributed by atoms with Crippen molar-refractivity contribution in [3.05, 3.63) is 48.5 Å². The Hall–Kier alpha value is -2.38. The maximum absolute atomic E-state index is 5.89. The predicted molar refractivity (Wildman–Crippen MR) is 118 cm³/mol. The molecule has 5 nitrogen and oxygen atoms in total. The fourth-order valence-corrected chi connectivity index (χ4v) is 3.08. The zero-order valence-electron chi connectivity index (χ0n) is 14.8. The number of hydrogen-bond donors (Lipinski definition) is 4. The average molecular weight is 399 g/mol. The first-order valence-corrected chi connectivity index (χ1v) is 9.99. The summed E-state index contributed by atoms with van der Waals surface area (Å²) in [5.41, 5.74) is 1.88. The van der Waals surface area contributed by atoms with Crippen LogP contribution in [0.3, 0.4) is 0 Å². The van der Waals surface area contributed by atoms with Crippen LogP contribution in [0, 0.1) is 0 Å². The standard InChI is InChI=1S/C20H22N4OS2/c26-19(21-13-1-2-13)23-15-5-9-17(10-6-15)25-18-11-7-16(8-12-18)24-20(27)22-14-3-4-14/h5-14H,1-4H2,(H2,21,23,26)(H2,22,24,27). The first-order chi connectivity index (χ1) is 13.1. The van der Waals surface area contributed by atoms with Gasteiger partial charge in [-0.1, -0.05) is 0 Å². The smallest absolute Gasteiger partial charge is 0.170 e. The molecule has 2 aliphatic rings. The molecule has 4 rings (SSSR count). The van der Waals surface area contributed by atoms with E-state index in [-0.39, 0.29) is 0 Å². The molecule has 2 aromatic rings. The molecule has 0 atom stereocenters. The Morgan fingerprint density at radius 1 is 0.667 bits per heavy atom. The van der Waals surface area contributed by atoms with E-state index in [4.69, 9.17) is 29.2 Å². The van der Waals surface area contributed by atoms with Crippen molar-refractivity contribution < 1.29 is 4.74 Å². The number of hydrogen-bond acceptors (Lipinski definition) is 3. The van der Waals surface area contributed by atoms with Gasteiger partial charge in [-0.3, -0.25) is 0 Å². The number of ether oxygens (including phenoxy) is 1. The van der Waals surface area contributed by atoms with Crippen LogP contribution in [-0.4, -0.2) is 22.3 Å². The summed E-state index contributed by atoms with van der Waals surface area (Å²) in [6.45, 7) is 0. The maximum atomic E-state index is 5.89. The van der Waals surface area contributed by atoms with Crippen LogP contribution >= 0.6 is 24.4 Å². The van der Waals surface area contributed by atoms with Gasteiger partial charge >= 0.3 is 0 Å². The highest BCUT2D eigenvalue weighted by atomic mass is 32.1. The Morgan fingerprint density at radius 3 is 1.37 bits per heavy atom. The largest absolute Gasteiger partial charge is 0.457 e. The minimum atomic E-state index is 0.545. The van der Waals surface area contributed by atoms with E-state index in [9.17, 15) is 0 Å². The summed E-state index contributed by atoms with van der Waals surface area (Å²) < 4.78 is 5.89. The number of anilines is 2. The molecular formula is C20H22N4OS2.